The van der Waals surface area contributed by atoms with Gasteiger partial charge < -0.3 is 10.1 Å². The van der Waals surface area contributed by atoms with Crippen molar-refractivity contribution >= 4 is 5.91 Å². The van der Waals surface area contributed by atoms with Crippen LogP contribution in [-0.2, 0) is 0 Å². The van der Waals surface area contributed by atoms with Gasteiger partial charge in [0.05, 0.1) is 6.54 Å². The van der Waals surface area contributed by atoms with Crippen LogP contribution in [0.5, 0.6) is 5.75 Å². The van der Waals surface area contributed by atoms with Gasteiger partial charge in [-0.3, -0.25) is 9.78 Å². The van der Waals surface area contributed by atoms with Crippen LogP contribution in [0.25, 0.3) is 0 Å². The van der Waals surface area contributed by atoms with Crippen LogP contribution in [0.1, 0.15) is 24.0 Å². The quantitative estimate of drug-likeness (QED) is 0.734. The summed E-state index contributed by atoms with van der Waals surface area (Å²) in [5.41, 5.74) is -0.553. The van der Waals surface area contributed by atoms with Crippen molar-refractivity contribution < 1.29 is 13.9 Å². The Hall–Kier alpha value is -2.64. The molecule has 3 N–H and O–H groups in total. The SMILES string of the molecule is CCC(CNC(=O)c1n[nH]c(=O)[nH]1)Oc1cccc(F)c1. The van der Waals surface area contributed by atoms with Gasteiger partial charge in [0.25, 0.3) is 5.91 Å². The molecule has 1 aromatic carbocycles. The van der Waals surface area contributed by atoms with E-state index in [4.69, 9.17) is 4.74 Å². The minimum atomic E-state index is -0.553. The van der Waals surface area contributed by atoms with Gasteiger partial charge in [0.2, 0.25) is 5.82 Å². The molecule has 0 radical (unpaired) electrons. The zero-order chi connectivity index (χ0) is 15.2. The Kier molecular flexibility index (Phi) is 4.70. The Morgan fingerprint density at radius 3 is 2.95 bits per heavy atom. The number of hydrogen-bond donors (Lipinski definition) is 3. The lowest BCUT2D eigenvalue weighted by Crippen LogP contribution is -2.35. The summed E-state index contributed by atoms with van der Waals surface area (Å²) in [7, 11) is 0. The molecule has 0 aliphatic carbocycles. The third-order valence-corrected chi connectivity index (χ3v) is 2.76. The second-order valence-corrected chi connectivity index (χ2v) is 4.34. The summed E-state index contributed by atoms with van der Waals surface area (Å²) in [5, 5.41) is 8.21. The number of halogens is 1. The first-order chi connectivity index (χ1) is 10.1. The molecule has 0 aliphatic heterocycles. The van der Waals surface area contributed by atoms with Crippen molar-refractivity contribution in [2.75, 3.05) is 6.54 Å². The first kappa shape index (κ1) is 14.8. The number of nitrogens with one attached hydrogen (secondary N) is 3. The maximum Gasteiger partial charge on any atom is 0.341 e. The highest BCUT2D eigenvalue weighted by Crippen LogP contribution is 2.14. The average Bonchev–Trinajstić information content (AvgIpc) is 2.90. The molecular weight excluding hydrogens is 279 g/mol. The number of aromatic amines is 2. The molecule has 1 unspecified atom stereocenters. The molecule has 1 aromatic heterocycles. The summed E-state index contributed by atoms with van der Waals surface area (Å²) in [5.74, 6) is -0.611. The second kappa shape index (κ2) is 6.69. The molecule has 1 amide bonds. The highest BCUT2D eigenvalue weighted by molar-refractivity contribution is 5.90. The van der Waals surface area contributed by atoms with E-state index in [0.29, 0.717) is 12.2 Å². The standard InChI is InChI=1S/C13H15FN4O3/c1-2-9(21-10-5-3-4-8(14)6-10)7-15-12(19)11-16-13(20)18-17-11/h3-6,9H,2,7H2,1H3,(H,15,19)(H2,16,17,18,20). The number of aromatic nitrogens is 3. The fraction of sp³-hybridized carbons (Fsp3) is 0.308. The molecular formula is C13H15FN4O3. The fourth-order valence-corrected chi connectivity index (χ4v) is 1.67. The molecule has 0 fully saturated rings. The van der Waals surface area contributed by atoms with Crippen molar-refractivity contribution in [3.63, 3.8) is 0 Å². The third kappa shape index (κ3) is 4.16. The summed E-state index contributed by atoms with van der Waals surface area (Å²) in [6.45, 7) is 2.09. The number of hydrogen-bond acceptors (Lipinski definition) is 4. The maximum atomic E-state index is 13.1. The first-order valence-electron chi connectivity index (χ1n) is 6.43. The van der Waals surface area contributed by atoms with Gasteiger partial charge in [-0.25, -0.2) is 14.3 Å². The average molecular weight is 294 g/mol. The van der Waals surface area contributed by atoms with Crippen LogP contribution in [0.4, 0.5) is 4.39 Å². The summed E-state index contributed by atoms with van der Waals surface area (Å²) >= 11 is 0. The van der Waals surface area contributed by atoms with Gasteiger partial charge in [-0.2, -0.15) is 0 Å². The summed E-state index contributed by atoms with van der Waals surface area (Å²) in [4.78, 5) is 24.8. The monoisotopic (exact) mass is 294 g/mol. The molecule has 8 heteroatoms. The number of ether oxygens (including phenoxy) is 1. The number of H-pyrrole nitrogens is 2. The van der Waals surface area contributed by atoms with Gasteiger partial charge in [0, 0.05) is 6.07 Å². The highest BCUT2D eigenvalue weighted by Gasteiger charge is 2.14. The number of rotatable bonds is 6. The molecule has 0 bridgehead atoms. The van der Waals surface area contributed by atoms with E-state index in [1.807, 2.05) is 6.92 Å². The Bertz CT molecular complexity index is 667. The lowest BCUT2D eigenvalue weighted by molar-refractivity contribution is 0.0916. The van der Waals surface area contributed by atoms with Gasteiger partial charge >= 0.3 is 5.69 Å². The van der Waals surface area contributed by atoms with Crippen LogP contribution in [0.2, 0.25) is 0 Å². The zero-order valence-electron chi connectivity index (χ0n) is 11.4. The van der Waals surface area contributed by atoms with Crippen molar-refractivity contribution in [2.45, 2.75) is 19.4 Å². The van der Waals surface area contributed by atoms with E-state index in [1.54, 1.807) is 12.1 Å². The fourth-order valence-electron chi connectivity index (χ4n) is 1.67. The summed E-state index contributed by atoms with van der Waals surface area (Å²) < 4.78 is 18.6. The van der Waals surface area contributed by atoms with Crippen LogP contribution in [0.3, 0.4) is 0 Å². The van der Waals surface area contributed by atoms with E-state index in [9.17, 15) is 14.0 Å². The number of carbonyl (C=O) groups is 1. The van der Waals surface area contributed by atoms with Gasteiger partial charge in [-0.05, 0) is 18.6 Å². The van der Waals surface area contributed by atoms with Crippen LogP contribution in [0, 0.1) is 5.82 Å². The summed E-state index contributed by atoms with van der Waals surface area (Å²) in [6, 6.07) is 5.78. The van der Waals surface area contributed by atoms with Crippen molar-refractivity contribution in [1.82, 2.24) is 20.5 Å². The van der Waals surface area contributed by atoms with E-state index in [1.165, 1.54) is 12.1 Å². The van der Waals surface area contributed by atoms with E-state index >= 15 is 0 Å². The Morgan fingerprint density at radius 1 is 1.52 bits per heavy atom. The van der Waals surface area contributed by atoms with Crippen LogP contribution < -0.4 is 15.7 Å². The van der Waals surface area contributed by atoms with Crippen molar-refractivity contribution in [3.8, 4) is 5.75 Å². The Labute approximate surface area is 119 Å². The number of benzene rings is 1. The molecule has 2 rings (SSSR count). The molecule has 21 heavy (non-hydrogen) atoms. The molecule has 2 aromatic rings. The second-order valence-electron chi connectivity index (χ2n) is 4.34. The molecule has 0 saturated carbocycles. The highest BCUT2D eigenvalue weighted by atomic mass is 19.1. The normalized spacial score (nSPS) is 11.9. The zero-order valence-corrected chi connectivity index (χ0v) is 11.4. The van der Waals surface area contributed by atoms with Crippen LogP contribution in [-0.4, -0.2) is 33.7 Å². The first-order valence-corrected chi connectivity index (χ1v) is 6.43. The number of amides is 1. The molecule has 0 spiro atoms. The number of carbonyl (C=O) groups excluding carboxylic acids is 1. The maximum absolute atomic E-state index is 13.1. The van der Waals surface area contributed by atoms with E-state index < -0.39 is 11.6 Å². The van der Waals surface area contributed by atoms with E-state index in [2.05, 4.69) is 20.5 Å². The van der Waals surface area contributed by atoms with Gasteiger partial charge in [-0.1, -0.05) is 13.0 Å². The molecule has 1 atom stereocenters. The lowest BCUT2D eigenvalue weighted by Gasteiger charge is -2.17. The van der Waals surface area contributed by atoms with Crippen LogP contribution >= 0.6 is 0 Å². The molecule has 1 heterocycles. The Morgan fingerprint density at radius 2 is 2.33 bits per heavy atom. The lowest BCUT2D eigenvalue weighted by atomic mass is 10.2. The molecule has 7 nitrogen and oxygen atoms in total. The van der Waals surface area contributed by atoms with Crippen molar-refractivity contribution in [3.05, 3.63) is 46.4 Å². The predicted molar refractivity (Wildman–Crippen MR) is 72.6 cm³/mol. The van der Waals surface area contributed by atoms with Gasteiger partial charge in [0.1, 0.15) is 17.7 Å². The predicted octanol–water partition coefficient (Wildman–Crippen LogP) is 0.824. The number of nitrogens with zero attached hydrogens (tertiary/aromatic N) is 1. The Balaban J connectivity index is 1.90. The van der Waals surface area contributed by atoms with E-state index in [-0.39, 0.29) is 24.3 Å². The topological polar surface area (TPSA) is 99.9 Å². The molecule has 0 aliphatic rings. The van der Waals surface area contributed by atoms with Gasteiger partial charge in [0.15, 0.2) is 0 Å². The van der Waals surface area contributed by atoms with Crippen molar-refractivity contribution in [1.29, 1.82) is 0 Å². The largest absolute Gasteiger partial charge is 0.489 e. The summed E-state index contributed by atoms with van der Waals surface area (Å²) in [6.07, 6.45) is 0.301. The molecule has 112 valence electrons. The molecule has 0 saturated heterocycles. The van der Waals surface area contributed by atoms with Crippen LogP contribution in [0.15, 0.2) is 29.1 Å². The third-order valence-electron chi connectivity index (χ3n) is 2.76. The van der Waals surface area contributed by atoms with Crippen molar-refractivity contribution in [2.24, 2.45) is 0 Å². The van der Waals surface area contributed by atoms with E-state index in [0.717, 1.165) is 0 Å². The smallest absolute Gasteiger partial charge is 0.341 e. The van der Waals surface area contributed by atoms with Gasteiger partial charge in [-0.15, -0.1) is 5.10 Å². The minimum Gasteiger partial charge on any atom is -0.489 e. The minimum absolute atomic E-state index is 0.0967.